The fourth-order valence-electron chi connectivity index (χ4n) is 0.835. The van der Waals surface area contributed by atoms with Crippen molar-refractivity contribution in [1.82, 2.24) is 0 Å². The third kappa shape index (κ3) is 4.57. The van der Waals surface area contributed by atoms with Gasteiger partial charge in [-0.2, -0.15) is 14.0 Å². The summed E-state index contributed by atoms with van der Waals surface area (Å²) in [5.74, 6) is -0.612. The molecule has 0 amide bonds. The molecule has 1 aromatic carbocycles. The second-order valence-corrected chi connectivity index (χ2v) is 3.97. The summed E-state index contributed by atoms with van der Waals surface area (Å²) in [7, 11) is -4.57. The molecule has 0 bridgehead atoms. The summed E-state index contributed by atoms with van der Waals surface area (Å²) in [5.41, 5.74) is 0.221. The Hall–Kier alpha value is -0.690. The van der Waals surface area contributed by atoms with Crippen molar-refractivity contribution in [2.24, 2.45) is 0 Å². The van der Waals surface area contributed by atoms with Crippen LogP contribution in [-0.2, 0) is 4.29 Å². The van der Waals surface area contributed by atoms with Gasteiger partial charge in [-0.3, -0.25) is 4.79 Å². The van der Waals surface area contributed by atoms with E-state index in [0.29, 0.717) is 5.02 Å². The number of hydrogen-bond acceptors (Lipinski definition) is 5. The Morgan fingerprint density at radius 2 is 1.80 bits per heavy atom. The number of rotatable bonds is 4. The molecule has 0 spiro atoms. The minimum absolute atomic E-state index is 0.221. The number of carbonyl (C=O) groups is 1. The third-order valence-electron chi connectivity index (χ3n) is 1.49. The Labute approximate surface area is 92.6 Å². The number of carbonyl (C=O) groups excluding carboxylic acids is 1. The van der Waals surface area contributed by atoms with Gasteiger partial charge in [0.05, 0.1) is 14.5 Å². The highest BCUT2D eigenvalue weighted by Crippen LogP contribution is 2.10. The Morgan fingerprint density at radius 3 is 2.27 bits per heavy atom. The molecule has 0 fully saturated rings. The lowest BCUT2D eigenvalue weighted by Crippen LogP contribution is -2.61. The molecule has 0 N–H and O–H groups in total. The van der Waals surface area contributed by atoms with Gasteiger partial charge in [0.15, 0.2) is 0 Å². The van der Waals surface area contributed by atoms with Crippen LogP contribution in [0.1, 0.15) is 10.4 Å². The summed E-state index contributed by atoms with van der Waals surface area (Å²) >= 11 is 5.58. The second kappa shape index (κ2) is 4.89. The summed E-state index contributed by atoms with van der Waals surface area (Å²) in [5, 5.41) is 0.446. The van der Waals surface area contributed by atoms with Crippen LogP contribution >= 0.6 is 11.6 Å². The summed E-state index contributed by atoms with van der Waals surface area (Å²) in [6.45, 7) is -0.810. The van der Waals surface area contributed by atoms with Gasteiger partial charge in [0.2, 0.25) is 5.78 Å². The molecular weight excluding hydrogens is 247 g/mol. The highest BCUT2D eigenvalue weighted by Gasteiger charge is 2.21. The molecule has 0 aromatic heterocycles. The maximum atomic E-state index is 11.2. The van der Waals surface area contributed by atoms with Gasteiger partial charge in [-0.15, -0.1) is 0 Å². The van der Waals surface area contributed by atoms with Gasteiger partial charge < -0.3 is 0 Å². The number of ketones is 1. The standard InChI is InChI=1S/C8H6Cl2O5/c9-7-3-1-6(2-4-7)8(11)5-15-10(12,13)14/h1-4H,5H2. The number of hydrogen-bond donors (Lipinski definition) is 0. The Balaban J connectivity index is 2.58. The molecule has 0 atom stereocenters. The van der Waals surface area contributed by atoms with Crippen LogP contribution in [0.2, 0.25) is 5.02 Å². The van der Waals surface area contributed by atoms with Crippen molar-refractivity contribution in [3.05, 3.63) is 34.9 Å². The smallest absolute Gasteiger partial charge is 0.265 e. The maximum absolute atomic E-state index is 11.2. The normalized spacial score (nSPS) is 11.5. The van der Waals surface area contributed by atoms with Crippen LogP contribution in [0, 0.1) is 10.2 Å². The van der Waals surface area contributed by atoms with Crippen LogP contribution in [0.5, 0.6) is 0 Å². The average Bonchev–Trinajstić information content (AvgIpc) is 2.14. The minimum Gasteiger partial charge on any atom is -0.291 e. The molecule has 0 unspecified atom stereocenters. The van der Waals surface area contributed by atoms with Crippen LogP contribution in [0.4, 0.5) is 0 Å². The zero-order chi connectivity index (χ0) is 11.5. The summed E-state index contributed by atoms with van der Waals surface area (Å²) < 4.78 is 33.9. The first-order chi connectivity index (χ1) is 6.88. The van der Waals surface area contributed by atoms with E-state index >= 15 is 0 Å². The number of halogens is 2. The molecular formula is C8H6Cl2O5. The van der Waals surface area contributed by atoms with Gasteiger partial charge in [0.1, 0.15) is 0 Å². The van der Waals surface area contributed by atoms with Crippen molar-refractivity contribution >= 4 is 17.4 Å². The van der Waals surface area contributed by atoms with E-state index in [0.717, 1.165) is 0 Å². The predicted octanol–water partition coefficient (Wildman–Crippen LogP) is -1.56. The van der Waals surface area contributed by atoms with Crippen molar-refractivity contribution < 1.29 is 33.3 Å². The van der Waals surface area contributed by atoms with Crippen molar-refractivity contribution in [3.63, 3.8) is 0 Å². The molecule has 0 saturated heterocycles. The van der Waals surface area contributed by atoms with E-state index in [-0.39, 0.29) is 5.56 Å². The predicted molar refractivity (Wildman–Crippen MR) is 41.7 cm³/mol. The largest absolute Gasteiger partial charge is 0.291 e. The molecule has 5 nitrogen and oxygen atoms in total. The van der Waals surface area contributed by atoms with Gasteiger partial charge in [0.25, 0.3) is 6.61 Å². The molecule has 0 aliphatic rings. The minimum atomic E-state index is -4.57. The molecule has 0 saturated carbocycles. The highest BCUT2D eigenvalue weighted by molar-refractivity contribution is 6.30. The lowest BCUT2D eigenvalue weighted by molar-refractivity contribution is -1.92. The average molecular weight is 253 g/mol. The SMILES string of the molecule is O=C(CO[Cl+3]([O-])([O-])[O-])c1ccc(Cl)cc1. The third-order valence-corrected chi connectivity index (χ3v) is 2.11. The Bertz CT molecular complexity index is 343. The van der Waals surface area contributed by atoms with Gasteiger partial charge in [-0.1, -0.05) is 11.6 Å². The van der Waals surface area contributed by atoms with Crippen molar-refractivity contribution in [3.8, 4) is 0 Å². The quantitative estimate of drug-likeness (QED) is 0.604. The fraction of sp³-hybridized carbons (Fsp3) is 0.125. The Kier molecular flexibility index (Phi) is 4.04. The van der Waals surface area contributed by atoms with Crippen molar-refractivity contribution in [2.45, 2.75) is 0 Å². The molecule has 82 valence electrons. The monoisotopic (exact) mass is 252 g/mol. The number of benzene rings is 1. The molecule has 0 aliphatic heterocycles. The summed E-state index contributed by atoms with van der Waals surface area (Å²) in [4.78, 5) is 11.2. The maximum Gasteiger partial charge on any atom is 0.265 e. The molecule has 7 heteroatoms. The van der Waals surface area contributed by atoms with E-state index in [4.69, 9.17) is 11.6 Å². The molecule has 0 radical (unpaired) electrons. The van der Waals surface area contributed by atoms with Crippen LogP contribution in [-0.4, -0.2) is 12.4 Å². The van der Waals surface area contributed by atoms with E-state index in [2.05, 4.69) is 4.29 Å². The highest BCUT2D eigenvalue weighted by atomic mass is 35.7. The zero-order valence-corrected chi connectivity index (χ0v) is 8.83. The topological polar surface area (TPSA) is 95.5 Å². The first-order valence-electron chi connectivity index (χ1n) is 3.72. The van der Waals surface area contributed by atoms with Crippen molar-refractivity contribution in [2.75, 3.05) is 6.61 Å². The molecule has 15 heavy (non-hydrogen) atoms. The van der Waals surface area contributed by atoms with Crippen LogP contribution in [0.25, 0.3) is 0 Å². The lowest BCUT2D eigenvalue weighted by Gasteiger charge is -2.11. The van der Waals surface area contributed by atoms with E-state index in [1.807, 2.05) is 0 Å². The molecule has 1 aromatic rings. The Morgan fingerprint density at radius 1 is 1.27 bits per heavy atom. The summed E-state index contributed by atoms with van der Waals surface area (Å²) in [6, 6.07) is 5.75. The first-order valence-corrected chi connectivity index (χ1v) is 5.34. The second-order valence-electron chi connectivity index (χ2n) is 2.56. The summed E-state index contributed by atoms with van der Waals surface area (Å²) in [6.07, 6.45) is 0. The zero-order valence-electron chi connectivity index (χ0n) is 7.31. The first kappa shape index (κ1) is 12.4. The van der Waals surface area contributed by atoms with Gasteiger partial charge in [-0.25, -0.2) is 0 Å². The van der Waals surface area contributed by atoms with Gasteiger partial charge in [0, 0.05) is 10.6 Å². The van der Waals surface area contributed by atoms with Crippen LogP contribution < -0.4 is 14.0 Å². The van der Waals surface area contributed by atoms with E-state index < -0.39 is 22.6 Å². The lowest BCUT2D eigenvalue weighted by atomic mass is 10.1. The van der Waals surface area contributed by atoms with Gasteiger partial charge in [-0.05, 0) is 24.3 Å². The number of Topliss-reactive ketones (excluding diaryl/α,β-unsaturated/α-hetero) is 1. The van der Waals surface area contributed by atoms with E-state index in [9.17, 15) is 18.8 Å². The molecule has 1 rings (SSSR count). The van der Waals surface area contributed by atoms with E-state index in [1.54, 1.807) is 0 Å². The van der Waals surface area contributed by atoms with Crippen LogP contribution in [0.3, 0.4) is 0 Å². The van der Waals surface area contributed by atoms with E-state index in [1.165, 1.54) is 24.3 Å². The molecule has 0 heterocycles. The fourth-order valence-corrected chi connectivity index (χ4v) is 1.19. The van der Waals surface area contributed by atoms with Crippen molar-refractivity contribution in [1.29, 1.82) is 0 Å². The van der Waals surface area contributed by atoms with Gasteiger partial charge >= 0.3 is 0 Å². The molecule has 0 aliphatic carbocycles. The van der Waals surface area contributed by atoms with Crippen LogP contribution in [0.15, 0.2) is 24.3 Å².